The fourth-order valence-electron chi connectivity index (χ4n) is 2.37. The molecule has 0 amide bonds. The fourth-order valence-corrected chi connectivity index (χ4v) is 2.37. The number of nitrogens with zero attached hydrogens (tertiary/aromatic N) is 1. The Kier molecular flexibility index (Phi) is 7.98. The first-order valence-corrected chi connectivity index (χ1v) is 7.67. The largest absolute Gasteiger partial charge is 0.302 e. The summed E-state index contributed by atoms with van der Waals surface area (Å²) in [6, 6.07) is 0. The van der Waals surface area contributed by atoms with Gasteiger partial charge in [-0.2, -0.15) is 0 Å². The average Bonchev–Trinajstić information content (AvgIpc) is 2.44. The lowest BCUT2D eigenvalue weighted by Crippen LogP contribution is -2.23. The van der Waals surface area contributed by atoms with Gasteiger partial charge in [-0.25, -0.2) is 0 Å². The Morgan fingerprint density at radius 3 is 2.75 bits per heavy atom. The van der Waals surface area contributed by atoms with Crippen molar-refractivity contribution in [1.82, 2.24) is 4.90 Å². The highest BCUT2D eigenvalue weighted by Gasteiger charge is 2.06. The van der Waals surface area contributed by atoms with Gasteiger partial charge in [-0.15, -0.1) is 0 Å². The first-order chi connectivity index (χ1) is 9.65. The van der Waals surface area contributed by atoms with Gasteiger partial charge in [0.05, 0.1) is 0 Å². The number of hydrogen-bond donors (Lipinski definition) is 0. The lowest BCUT2D eigenvalue weighted by Gasteiger charge is -2.20. The van der Waals surface area contributed by atoms with E-state index in [1.54, 1.807) is 5.57 Å². The number of rotatable bonds is 8. The van der Waals surface area contributed by atoms with Crippen LogP contribution in [0.15, 0.2) is 59.8 Å². The maximum Gasteiger partial charge on any atom is 0.0193 e. The van der Waals surface area contributed by atoms with Crippen molar-refractivity contribution in [2.75, 3.05) is 20.1 Å². The zero-order valence-electron chi connectivity index (χ0n) is 13.4. The maximum atomic E-state index is 3.73. The van der Waals surface area contributed by atoms with Crippen molar-refractivity contribution >= 4 is 0 Å². The molecule has 1 nitrogen and oxygen atoms in total. The van der Waals surface area contributed by atoms with Gasteiger partial charge in [0.1, 0.15) is 0 Å². The van der Waals surface area contributed by atoms with Crippen molar-refractivity contribution < 1.29 is 0 Å². The zero-order chi connectivity index (χ0) is 14.8. The van der Waals surface area contributed by atoms with E-state index in [1.807, 2.05) is 12.2 Å². The molecule has 0 aromatic carbocycles. The van der Waals surface area contributed by atoms with E-state index in [1.165, 1.54) is 24.0 Å². The van der Waals surface area contributed by atoms with Crippen molar-refractivity contribution in [3.05, 3.63) is 59.8 Å². The third-order valence-electron chi connectivity index (χ3n) is 3.61. The maximum absolute atomic E-state index is 3.73. The Morgan fingerprint density at radius 2 is 2.15 bits per heavy atom. The highest BCUT2D eigenvalue weighted by molar-refractivity contribution is 5.24. The molecule has 0 saturated carbocycles. The zero-order valence-corrected chi connectivity index (χ0v) is 13.4. The van der Waals surface area contributed by atoms with Crippen molar-refractivity contribution in [2.24, 2.45) is 0 Å². The summed E-state index contributed by atoms with van der Waals surface area (Å²) in [7, 11) is 2.22. The van der Waals surface area contributed by atoms with Crippen LogP contribution in [0.4, 0.5) is 0 Å². The van der Waals surface area contributed by atoms with Gasteiger partial charge in [0.15, 0.2) is 0 Å². The Labute approximate surface area is 125 Å². The van der Waals surface area contributed by atoms with Crippen LogP contribution in [0.1, 0.15) is 39.5 Å². The van der Waals surface area contributed by atoms with E-state index < -0.39 is 0 Å². The predicted molar refractivity (Wildman–Crippen MR) is 90.9 cm³/mol. The molecule has 0 aromatic heterocycles. The van der Waals surface area contributed by atoms with Gasteiger partial charge in [-0.1, -0.05) is 66.7 Å². The van der Waals surface area contributed by atoms with Crippen LogP contribution in [-0.2, 0) is 0 Å². The molecular weight excluding hydrogens is 242 g/mol. The van der Waals surface area contributed by atoms with Crippen LogP contribution in [0.25, 0.3) is 0 Å². The monoisotopic (exact) mass is 271 g/mol. The minimum Gasteiger partial charge on any atom is -0.302 e. The van der Waals surface area contributed by atoms with Gasteiger partial charge in [0, 0.05) is 13.1 Å². The smallest absolute Gasteiger partial charge is 0.0193 e. The normalized spacial score (nSPS) is 16.5. The second-order valence-electron chi connectivity index (χ2n) is 5.61. The van der Waals surface area contributed by atoms with Crippen LogP contribution in [0.3, 0.4) is 0 Å². The third-order valence-corrected chi connectivity index (χ3v) is 3.61. The first kappa shape index (κ1) is 16.7. The second kappa shape index (κ2) is 9.55. The molecule has 0 heterocycles. The van der Waals surface area contributed by atoms with Crippen LogP contribution in [0.5, 0.6) is 0 Å². The lowest BCUT2D eigenvalue weighted by molar-refractivity contribution is 0.363. The topological polar surface area (TPSA) is 3.24 Å². The molecule has 0 fully saturated rings. The van der Waals surface area contributed by atoms with Crippen molar-refractivity contribution in [3.63, 3.8) is 0 Å². The van der Waals surface area contributed by atoms with Crippen LogP contribution in [0.2, 0.25) is 0 Å². The van der Waals surface area contributed by atoms with E-state index in [-0.39, 0.29) is 0 Å². The van der Waals surface area contributed by atoms with Crippen molar-refractivity contribution in [1.29, 1.82) is 0 Å². The van der Waals surface area contributed by atoms with Gasteiger partial charge in [0.2, 0.25) is 0 Å². The molecule has 0 atom stereocenters. The van der Waals surface area contributed by atoms with E-state index in [4.69, 9.17) is 0 Å². The second-order valence-corrected chi connectivity index (χ2v) is 5.61. The molecule has 0 saturated heterocycles. The molecule has 1 rings (SSSR count). The van der Waals surface area contributed by atoms with Crippen LogP contribution >= 0.6 is 0 Å². The highest BCUT2D eigenvalue weighted by Crippen LogP contribution is 2.18. The van der Waals surface area contributed by atoms with Gasteiger partial charge in [-0.05, 0) is 39.7 Å². The van der Waals surface area contributed by atoms with E-state index >= 15 is 0 Å². The summed E-state index contributed by atoms with van der Waals surface area (Å²) in [5, 5.41) is 0. The van der Waals surface area contributed by atoms with Crippen LogP contribution in [-0.4, -0.2) is 25.0 Å². The molecule has 1 aliphatic rings. The average molecular weight is 271 g/mol. The van der Waals surface area contributed by atoms with Gasteiger partial charge in [-0.3, -0.25) is 0 Å². The summed E-state index contributed by atoms with van der Waals surface area (Å²) in [6.45, 7) is 10.3. The molecule has 20 heavy (non-hydrogen) atoms. The number of likely N-dealkylation sites (N-methyl/N-ethyl adjacent to an activating group) is 1. The molecule has 0 unspecified atom stereocenters. The summed E-state index contributed by atoms with van der Waals surface area (Å²) >= 11 is 0. The summed E-state index contributed by atoms with van der Waals surface area (Å²) in [4.78, 5) is 2.42. The van der Waals surface area contributed by atoms with Gasteiger partial charge < -0.3 is 4.90 Å². The molecular formula is C19H29N. The molecule has 0 spiro atoms. The number of allylic oxidation sites excluding steroid dienone is 7. The summed E-state index contributed by atoms with van der Waals surface area (Å²) in [6.07, 6.45) is 17.6. The molecule has 1 aliphatic carbocycles. The summed E-state index contributed by atoms with van der Waals surface area (Å²) in [5.74, 6) is 0. The molecule has 0 radical (unpaired) electrons. The Hall–Kier alpha value is -1.34. The SMILES string of the molecule is C=CC=CC(=CCC)CCN(C)CC1=CC=C(C)CC1. The predicted octanol–water partition coefficient (Wildman–Crippen LogP) is 5.05. The Balaban J connectivity index is 2.42. The standard InChI is InChI=1S/C19H29N/c1-5-7-9-18(8-6-2)14-15-20(4)16-19-12-10-17(3)11-13-19/h5,7-10,12H,1,6,11,13-16H2,2-4H3. The highest BCUT2D eigenvalue weighted by atomic mass is 15.1. The third kappa shape index (κ3) is 6.72. The van der Waals surface area contributed by atoms with Crippen molar-refractivity contribution in [3.8, 4) is 0 Å². The lowest BCUT2D eigenvalue weighted by atomic mass is 9.99. The molecule has 0 N–H and O–H groups in total. The van der Waals surface area contributed by atoms with E-state index in [0.717, 1.165) is 25.9 Å². The van der Waals surface area contributed by atoms with Crippen molar-refractivity contribution in [2.45, 2.75) is 39.5 Å². The molecule has 0 aromatic rings. The first-order valence-electron chi connectivity index (χ1n) is 7.67. The Bertz CT molecular complexity index is 421. The fraction of sp³-hybridized carbons (Fsp3) is 0.474. The van der Waals surface area contributed by atoms with Crippen LogP contribution in [0, 0.1) is 0 Å². The minimum atomic E-state index is 1.09. The van der Waals surface area contributed by atoms with E-state index in [9.17, 15) is 0 Å². The molecule has 1 heteroatoms. The molecule has 0 aliphatic heterocycles. The number of hydrogen-bond acceptors (Lipinski definition) is 1. The van der Waals surface area contributed by atoms with E-state index in [0.29, 0.717) is 0 Å². The van der Waals surface area contributed by atoms with Gasteiger partial charge in [0.25, 0.3) is 0 Å². The Morgan fingerprint density at radius 1 is 1.35 bits per heavy atom. The van der Waals surface area contributed by atoms with E-state index in [2.05, 4.69) is 56.7 Å². The summed E-state index contributed by atoms with van der Waals surface area (Å²) in [5.41, 5.74) is 4.47. The summed E-state index contributed by atoms with van der Waals surface area (Å²) < 4.78 is 0. The molecule has 110 valence electrons. The van der Waals surface area contributed by atoms with Crippen LogP contribution < -0.4 is 0 Å². The molecule has 0 bridgehead atoms. The quantitative estimate of drug-likeness (QED) is 0.558. The van der Waals surface area contributed by atoms with Gasteiger partial charge >= 0.3 is 0 Å². The minimum absolute atomic E-state index is 1.09.